The minimum absolute atomic E-state index is 0.421. The molecule has 0 aliphatic carbocycles. The Bertz CT molecular complexity index is 2080. The van der Waals surface area contributed by atoms with Gasteiger partial charge >= 0.3 is 446 Å². The van der Waals surface area contributed by atoms with Crippen LogP contribution >= 0.6 is 16.8 Å². The number of rotatable bonds is 16. The molecule has 70 heavy (non-hydrogen) atoms. The predicted molar refractivity (Wildman–Crippen MR) is 327 cm³/mol. The van der Waals surface area contributed by atoms with Crippen LogP contribution in [0.2, 0.25) is 22.2 Å². The summed E-state index contributed by atoms with van der Waals surface area (Å²) in [4.78, 5) is 0. The molecule has 4 aromatic carbocycles. The van der Waals surface area contributed by atoms with Crippen molar-refractivity contribution in [2.75, 3.05) is 14.1 Å². The second-order valence-electron chi connectivity index (χ2n) is 25.2. The van der Waals surface area contributed by atoms with E-state index in [4.69, 9.17) is 0 Å². The van der Waals surface area contributed by atoms with E-state index in [0.717, 1.165) is 0 Å². The standard InChI is InChI=1S/C60H96Ge2N4S2Si2/c1-37(2)49-29-25-30-50(38(3)4)57(49)63-61(64(69(63,45(17)18)46(19)20)58-51(39(5)6)31-26-32-52(58)40(7)8)67-62(68-61)65(59-53(41(9)10)33-27-34-54(59)42(11)12)70(47(21)22,48(23)24)66(62)60-55(43(13)14)35-28-36-56(60)44(15)16/h25-48H,1-24H3. The Morgan fingerprint density at radius 3 is 0.529 bits per heavy atom. The number of benzene rings is 4. The first-order chi connectivity index (χ1) is 32.7. The topological polar surface area (TPSA) is 13.0 Å². The summed E-state index contributed by atoms with van der Waals surface area (Å²) in [6, 6.07) is 29.9. The average molecular weight is 1140 g/mol. The Hall–Kier alpha value is -1.70. The van der Waals surface area contributed by atoms with Crippen LogP contribution in [0.3, 0.4) is 0 Å². The minimum atomic E-state index is -3.64. The van der Waals surface area contributed by atoms with Crippen molar-refractivity contribution in [2.45, 2.75) is 236 Å². The van der Waals surface area contributed by atoms with E-state index in [1.807, 2.05) is 0 Å². The fraction of sp³-hybridized carbons (Fsp3) is 0.600. The van der Waals surface area contributed by atoms with Gasteiger partial charge < -0.3 is 0 Å². The first-order valence-electron chi connectivity index (χ1n) is 27.8. The maximum atomic E-state index is 3.46. The molecule has 0 bridgehead atoms. The molecule has 7 rings (SSSR count). The number of nitrogens with zero attached hydrogens (tertiary/aromatic N) is 4. The van der Waals surface area contributed by atoms with Crippen molar-refractivity contribution in [3.05, 3.63) is 117 Å². The zero-order chi connectivity index (χ0) is 52.1. The van der Waals surface area contributed by atoms with Crippen LogP contribution in [0.1, 0.15) is 258 Å². The maximum absolute atomic E-state index is 3.64. The molecular weight excluding hydrogens is 1040 g/mol. The van der Waals surface area contributed by atoms with Gasteiger partial charge in [-0.1, -0.05) is 0 Å². The van der Waals surface area contributed by atoms with Crippen molar-refractivity contribution in [3.8, 4) is 0 Å². The number of hydrogen-bond acceptors (Lipinski definition) is 6. The summed E-state index contributed by atoms with van der Waals surface area (Å²) >= 11 is -7.27. The molecule has 0 amide bonds. The Morgan fingerprint density at radius 1 is 0.271 bits per heavy atom. The van der Waals surface area contributed by atoms with Crippen molar-refractivity contribution in [1.29, 1.82) is 0 Å². The van der Waals surface area contributed by atoms with Gasteiger partial charge in [0, 0.05) is 0 Å². The monoisotopic (exact) mass is 1140 g/mol. The van der Waals surface area contributed by atoms with Gasteiger partial charge in [0.2, 0.25) is 0 Å². The van der Waals surface area contributed by atoms with Crippen LogP contribution in [-0.4, -0.2) is 39.6 Å². The molecule has 10 heteroatoms. The Balaban J connectivity index is 1.73. The number of hydrogen-bond donors (Lipinski definition) is 0. The molecule has 3 fully saturated rings. The third-order valence-electron chi connectivity index (χ3n) is 16.8. The normalized spacial score (nSPS) is 18.3. The van der Waals surface area contributed by atoms with Crippen molar-refractivity contribution < 1.29 is 0 Å². The van der Waals surface area contributed by atoms with E-state index in [1.165, 1.54) is 0 Å². The SMILES string of the molecule is CC(C)c1cccc(C(C)C)c1[N]1[Si](C(C)C)(C(C)C)[N](c2c(C(C)C)cccc2C(C)C)[Ge]12[S][Ge]1([S]2)[N](c2c(C(C)C)cccc2C(C)C)[Si](C(C)C)(C(C)C)[N]1c1c(C(C)C)cccc1C(C)C. The van der Waals surface area contributed by atoms with Crippen LogP contribution in [0, 0.1) is 0 Å². The van der Waals surface area contributed by atoms with Crippen molar-refractivity contribution in [3.63, 3.8) is 0 Å². The van der Waals surface area contributed by atoms with Crippen molar-refractivity contribution in [2.24, 2.45) is 0 Å². The molecule has 2 spiro atoms. The Kier molecular flexibility index (Phi) is 16.4. The summed E-state index contributed by atoms with van der Waals surface area (Å²) < 4.78 is 13.8. The summed E-state index contributed by atoms with van der Waals surface area (Å²) in [5.74, 6) is 3.37. The molecule has 4 aromatic rings. The fourth-order valence-corrected chi connectivity index (χ4v) is 197. The van der Waals surface area contributed by atoms with Crippen LogP contribution < -0.4 is 14.1 Å². The van der Waals surface area contributed by atoms with Crippen LogP contribution in [-0.2, 0) is 0 Å². The molecular formula is C60H96Ge2N4S2Si2. The predicted octanol–water partition coefficient (Wildman–Crippen LogP) is 19.9. The summed E-state index contributed by atoms with van der Waals surface area (Å²) in [5, 5.41) is 0. The molecule has 0 unspecified atom stereocenters. The molecule has 0 saturated carbocycles. The summed E-state index contributed by atoms with van der Waals surface area (Å²) in [5.41, 5.74) is 21.2. The molecule has 3 aliphatic heterocycles. The number of anilines is 4. The molecule has 3 saturated heterocycles. The number of para-hydroxylation sites is 4. The molecule has 0 atom stereocenters. The van der Waals surface area contributed by atoms with Crippen molar-refractivity contribution >= 4 is 79.2 Å². The van der Waals surface area contributed by atoms with Gasteiger partial charge in [-0.3, -0.25) is 0 Å². The average Bonchev–Trinajstić information content (AvgIpc) is 3.24. The summed E-state index contributed by atoms with van der Waals surface area (Å²) in [6.45, 7) is 60.8. The van der Waals surface area contributed by atoms with Crippen LogP contribution in [0.25, 0.3) is 0 Å². The third kappa shape index (κ3) is 8.15. The van der Waals surface area contributed by atoms with Gasteiger partial charge in [-0.25, -0.2) is 0 Å². The Labute approximate surface area is 442 Å². The van der Waals surface area contributed by atoms with E-state index in [1.54, 1.807) is 67.3 Å². The molecule has 3 heterocycles. The van der Waals surface area contributed by atoms with E-state index in [-0.39, 0.29) is 0 Å². The second-order valence-corrected chi connectivity index (χ2v) is 77.7. The van der Waals surface area contributed by atoms with Crippen molar-refractivity contribution in [1.82, 2.24) is 0 Å². The van der Waals surface area contributed by atoms with E-state index in [0.29, 0.717) is 69.5 Å². The zero-order valence-corrected chi connectivity index (χ0v) is 56.3. The first-order valence-corrected chi connectivity index (χ1v) is 47.6. The zero-order valence-electron chi connectivity index (χ0n) is 48.5. The first kappa shape index (κ1) is 56.0. The van der Waals surface area contributed by atoms with Gasteiger partial charge in [0.05, 0.1) is 0 Å². The van der Waals surface area contributed by atoms with E-state index < -0.39 is 39.6 Å². The summed E-state index contributed by atoms with van der Waals surface area (Å²) in [6.07, 6.45) is 0. The van der Waals surface area contributed by atoms with E-state index >= 15 is 0 Å². The van der Waals surface area contributed by atoms with Crippen LogP contribution in [0.4, 0.5) is 22.7 Å². The fourth-order valence-electron chi connectivity index (χ4n) is 13.7. The molecule has 0 N–H and O–H groups in total. The molecule has 0 radical (unpaired) electrons. The second kappa shape index (κ2) is 20.4. The van der Waals surface area contributed by atoms with Gasteiger partial charge in [-0.15, -0.1) is 0 Å². The third-order valence-corrected chi connectivity index (χ3v) is 134. The van der Waals surface area contributed by atoms with E-state index in [9.17, 15) is 0 Å². The van der Waals surface area contributed by atoms with E-state index in [2.05, 4.69) is 270 Å². The van der Waals surface area contributed by atoms with Gasteiger partial charge in [-0.2, -0.15) is 0 Å². The van der Waals surface area contributed by atoms with Gasteiger partial charge in [0.15, 0.2) is 0 Å². The quantitative estimate of drug-likeness (QED) is 0.103. The van der Waals surface area contributed by atoms with Crippen LogP contribution in [0.15, 0.2) is 72.8 Å². The van der Waals surface area contributed by atoms with Gasteiger partial charge in [-0.05, 0) is 0 Å². The molecule has 0 aromatic heterocycles. The summed E-state index contributed by atoms with van der Waals surface area (Å²) in [7, 11) is 0.249. The molecule has 3 aliphatic rings. The van der Waals surface area contributed by atoms with Gasteiger partial charge in [0.1, 0.15) is 0 Å². The van der Waals surface area contributed by atoms with Gasteiger partial charge in [0.25, 0.3) is 0 Å². The molecule has 4 nitrogen and oxygen atoms in total. The van der Waals surface area contributed by atoms with Crippen LogP contribution in [0.5, 0.6) is 0 Å². The Morgan fingerprint density at radius 2 is 0.414 bits per heavy atom. The molecule has 384 valence electrons.